The van der Waals surface area contributed by atoms with Crippen LogP contribution in [0.5, 0.6) is 0 Å². The number of para-hydroxylation sites is 1. The van der Waals surface area contributed by atoms with Crippen LogP contribution in [0.2, 0.25) is 0 Å². The van der Waals surface area contributed by atoms with E-state index in [2.05, 4.69) is 0 Å². The van der Waals surface area contributed by atoms with Gasteiger partial charge in [0.15, 0.2) is 0 Å². The minimum atomic E-state index is -0.228. The number of amides is 2. The van der Waals surface area contributed by atoms with E-state index in [1.165, 1.54) is 6.07 Å². The third kappa shape index (κ3) is 2.75. The predicted octanol–water partition coefficient (Wildman–Crippen LogP) is 2.62. The van der Waals surface area contributed by atoms with Crippen LogP contribution >= 0.6 is 0 Å². The minimum absolute atomic E-state index is 0.00343. The van der Waals surface area contributed by atoms with Gasteiger partial charge in [-0.05, 0) is 48.2 Å². The minimum Gasteiger partial charge on any atom is -0.366 e. The van der Waals surface area contributed by atoms with Gasteiger partial charge in [0, 0.05) is 38.3 Å². The van der Waals surface area contributed by atoms with E-state index < -0.39 is 0 Å². The summed E-state index contributed by atoms with van der Waals surface area (Å²) >= 11 is 0. The first-order valence-electron chi connectivity index (χ1n) is 9.87. The average Bonchev–Trinajstić information content (AvgIpc) is 3.05. The van der Waals surface area contributed by atoms with Crippen LogP contribution in [0.3, 0.4) is 0 Å². The lowest BCUT2D eigenvalue weighted by Crippen LogP contribution is -2.49. The van der Waals surface area contributed by atoms with Gasteiger partial charge in [0.05, 0.1) is 17.8 Å². The maximum atomic E-state index is 14.0. The Labute approximate surface area is 163 Å². The van der Waals surface area contributed by atoms with E-state index in [0.717, 1.165) is 36.2 Å². The van der Waals surface area contributed by atoms with Gasteiger partial charge in [-0.25, -0.2) is 4.39 Å². The molecule has 0 saturated carbocycles. The summed E-state index contributed by atoms with van der Waals surface area (Å²) in [5.41, 5.74) is 4.40. The van der Waals surface area contributed by atoms with Gasteiger partial charge in [-0.1, -0.05) is 12.1 Å². The van der Waals surface area contributed by atoms with Gasteiger partial charge in [0.1, 0.15) is 5.82 Å². The summed E-state index contributed by atoms with van der Waals surface area (Å²) in [6.45, 7) is 3.12. The summed E-state index contributed by atoms with van der Waals surface area (Å²) in [4.78, 5) is 31.0. The maximum absolute atomic E-state index is 14.0. The molecule has 28 heavy (non-hydrogen) atoms. The van der Waals surface area contributed by atoms with Crippen LogP contribution in [-0.4, -0.2) is 49.4 Å². The van der Waals surface area contributed by atoms with Gasteiger partial charge in [-0.2, -0.15) is 0 Å². The van der Waals surface area contributed by atoms with Gasteiger partial charge >= 0.3 is 0 Å². The first kappa shape index (κ1) is 17.2. The molecule has 0 spiro atoms. The fourth-order valence-electron chi connectivity index (χ4n) is 4.64. The van der Waals surface area contributed by atoms with Crippen LogP contribution in [0.25, 0.3) is 0 Å². The quantitative estimate of drug-likeness (QED) is 0.806. The zero-order chi connectivity index (χ0) is 19.3. The number of halogens is 1. The topological polar surface area (TPSA) is 43.9 Å². The summed E-state index contributed by atoms with van der Waals surface area (Å²) in [7, 11) is 0. The monoisotopic (exact) mass is 379 g/mol. The number of rotatable bonds is 2. The van der Waals surface area contributed by atoms with Gasteiger partial charge in [-0.3, -0.25) is 9.59 Å². The molecule has 2 aromatic rings. The Morgan fingerprint density at radius 2 is 1.71 bits per heavy atom. The Kier molecular flexibility index (Phi) is 4.07. The van der Waals surface area contributed by atoms with Crippen molar-refractivity contribution in [3.63, 3.8) is 0 Å². The van der Waals surface area contributed by atoms with Crippen molar-refractivity contribution in [2.75, 3.05) is 42.5 Å². The molecule has 0 aliphatic carbocycles. The van der Waals surface area contributed by atoms with Gasteiger partial charge in [0.25, 0.3) is 5.91 Å². The van der Waals surface area contributed by atoms with Gasteiger partial charge in [-0.15, -0.1) is 0 Å². The molecule has 0 atom stereocenters. The summed E-state index contributed by atoms with van der Waals surface area (Å²) in [6, 6.07) is 10.6. The van der Waals surface area contributed by atoms with Crippen LogP contribution in [0.4, 0.5) is 15.8 Å². The number of carbonyl (C=O) groups is 2. The Morgan fingerprint density at radius 3 is 2.50 bits per heavy atom. The SMILES string of the molecule is O=C(c1cc2c3c(c1)CC(=O)N3CCC2)N1CCN(c2ccccc2F)CC1. The predicted molar refractivity (Wildman–Crippen MR) is 105 cm³/mol. The summed E-state index contributed by atoms with van der Waals surface area (Å²) in [5, 5.41) is 0. The number of hydrogen-bond acceptors (Lipinski definition) is 3. The van der Waals surface area contributed by atoms with Gasteiger partial charge < -0.3 is 14.7 Å². The van der Waals surface area contributed by atoms with Crippen LogP contribution in [-0.2, 0) is 17.6 Å². The molecular weight excluding hydrogens is 357 g/mol. The smallest absolute Gasteiger partial charge is 0.253 e. The van der Waals surface area contributed by atoms with Crippen molar-refractivity contribution in [2.24, 2.45) is 0 Å². The standard InChI is InChI=1S/C22H22FN3O2/c23-18-5-1-2-6-19(18)24-8-10-25(11-9-24)22(28)17-12-15-4-3-7-26-20(27)14-16(13-17)21(15)26/h1-2,5-6,12-13H,3-4,7-11,14H2. The van der Waals surface area contributed by atoms with E-state index in [1.807, 2.05) is 32.9 Å². The summed E-state index contributed by atoms with van der Waals surface area (Å²) in [6.07, 6.45) is 2.25. The molecule has 2 aromatic carbocycles. The Balaban J connectivity index is 1.34. The first-order valence-corrected chi connectivity index (χ1v) is 9.87. The van der Waals surface area contributed by atoms with Crippen LogP contribution in [0, 0.1) is 5.82 Å². The highest BCUT2D eigenvalue weighted by Gasteiger charge is 2.33. The van der Waals surface area contributed by atoms with Crippen molar-refractivity contribution in [2.45, 2.75) is 19.3 Å². The molecule has 3 aliphatic rings. The number of hydrogen-bond donors (Lipinski definition) is 0. The second-order valence-electron chi connectivity index (χ2n) is 7.70. The molecular formula is C22H22FN3O2. The van der Waals surface area contributed by atoms with Crippen LogP contribution in [0.1, 0.15) is 27.9 Å². The molecule has 3 aliphatic heterocycles. The third-order valence-electron chi connectivity index (χ3n) is 6.02. The Bertz CT molecular complexity index is 966. The molecule has 5 rings (SSSR count). The van der Waals surface area contributed by atoms with E-state index in [-0.39, 0.29) is 17.6 Å². The van der Waals surface area contributed by atoms with Crippen molar-refractivity contribution in [3.8, 4) is 0 Å². The van der Waals surface area contributed by atoms with E-state index in [4.69, 9.17) is 0 Å². The number of nitrogens with zero attached hydrogens (tertiary/aromatic N) is 3. The molecule has 144 valence electrons. The molecule has 6 heteroatoms. The van der Waals surface area contributed by atoms with Crippen LogP contribution < -0.4 is 9.80 Å². The zero-order valence-electron chi connectivity index (χ0n) is 15.7. The molecule has 0 unspecified atom stereocenters. The molecule has 0 radical (unpaired) electrons. The fourth-order valence-corrected chi connectivity index (χ4v) is 4.64. The highest BCUT2D eigenvalue weighted by atomic mass is 19.1. The molecule has 1 saturated heterocycles. The second kappa shape index (κ2) is 6.62. The lowest BCUT2D eigenvalue weighted by atomic mass is 9.96. The lowest BCUT2D eigenvalue weighted by molar-refractivity contribution is -0.117. The first-order chi connectivity index (χ1) is 13.6. The molecule has 5 nitrogen and oxygen atoms in total. The molecule has 1 fully saturated rings. The number of piperazine rings is 1. The van der Waals surface area contributed by atoms with E-state index in [9.17, 15) is 14.0 Å². The number of benzene rings is 2. The highest BCUT2D eigenvalue weighted by molar-refractivity contribution is 6.04. The molecule has 0 bridgehead atoms. The molecule has 2 amide bonds. The van der Waals surface area contributed by atoms with Crippen LogP contribution in [0.15, 0.2) is 36.4 Å². The second-order valence-corrected chi connectivity index (χ2v) is 7.70. The van der Waals surface area contributed by atoms with Crippen molar-refractivity contribution in [1.82, 2.24) is 4.90 Å². The molecule has 3 heterocycles. The normalized spacial score (nSPS) is 18.5. The molecule has 0 N–H and O–H groups in total. The maximum Gasteiger partial charge on any atom is 0.253 e. The molecule has 0 aromatic heterocycles. The van der Waals surface area contributed by atoms with Crippen molar-refractivity contribution in [1.29, 1.82) is 0 Å². The highest BCUT2D eigenvalue weighted by Crippen LogP contribution is 2.37. The van der Waals surface area contributed by atoms with E-state index in [0.29, 0.717) is 43.9 Å². The number of anilines is 2. The summed E-state index contributed by atoms with van der Waals surface area (Å²) < 4.78 is 14.0. The Hall–Kier alpha value is -2.89. The number of aryl methyl sites for hydroxylation is 1. The number of carbonyl (C=O) groups excluding carboxylic acids is 2. The Morgan fingerprint density at radius 1 is 0.964 bits per heavy atom. The summed E-state index contributed by atoms with van der Waals surface area (Å²) in [5.74, 6) is -0.0861. The van der Waals surface area contributed by atoms with E-state index in [1.54, 1.807) is 12.1 Å². The average molecular weight is 379 g/mol. The largest absolute Gasteiger partial charge is 0.366 e. The fraction of sp³-hybridized carbons (Fsp3) is 0.364. The van der Waals surface area contributed by atoms with Crippen molar-refractivity contribution < 1.29 is 14.0 Å². The van der Waals surface area contributed by atoms with Crippen molar-refractivity contribution >= 4 is 23.2 Å². The zero-order valence-corrected chi connectivity index (χ0v) is 15.7. The van der Waals surface area contributed by atoms with E-state index >= 15 is 0 Å². The lowest BCUT2D eigenvalue weighted by Gasteiger charge is -2.36. The third-order valence-corrected chi connectivity index (χ3v) is 6.02. The van der Waals surface area contributed by atoms with Crippen molar-refractivity contribution in [3.05, 3.63) is 58.9 Å². The van der Waals surface area contributed by atoms with Gasteiger partial charge in [0.2, 0.25) is 5.91 Å².